The van der Waals surface area contributed by atoms with Gasteiger partial charge in [-0.1, -0.05) is 48.5 Å². The molecular weight excluding hydrogens is 238 g/mol. The molecule has 3 nitrogen and oxygen atoms in total. The van der Waals surface area contributed by atoms with Crippen molar-refractivity contribution in [1.29, 1.82) is 0 Å². The first-order valence-electron chi connectivity index (χ1n) is 6.06. The molecule has 0 unspecified atom stereocenters. The number of esters is 1. The zero-order valence-electron chi connectivity index (χ0n) is 11.1. The van der Waals surface area contributed by atoms with Crippen molar-refractivity contribution in [2.24, 2.45) is 5.73 Å². The molecule has 0 aliphatic rings. The molecule has 3 heteroatoms. The van der Waals surface area contributed by atoms with E-state index in [-0.39, 0.29) is 5.97 Å². The van der Waals surface area contributed by atoms with Crippen LogP contribution in [-0.4, -0.2) is 19.6 Å². The first kappa shape index (κ1) is 14.9. The van der Waals surface area contributed by atoms with E-state index in [0.717, 1.165) is 10.9 Å². The Labute approximate surface area is 113 Å². The number of fused-ring (bicyclic) bond motifs is 1. The maximum atomic E-state index is 11.1. The van der Waals surface area contributed by atoms with Gasteiger partial charge in [0.25, 0.3) is 0 Å². The summed E-state index contributed by atoms with van der Waals surface area (Å²) in [6.07, 6.45) is 1.99. The Balaban J connectivity index is 0.000000399. The summed E-state index contributed by atoms with van der Waals surface area (Å²) in [4.78, 5) is 11.1. The Kier molecular flexibility index (Phi) is 6.33. The lowest BCUT2D eigenvalue weighted by atomic mass is 10.1. The maximum absolute atomic E-state index is 11.1. The van der Waals surface area contributed by atoms with Crippen LogP contribution in [0.25, 0.3) is 10.8 Å². The number of carbonyl (C=O) groups excluding carboxylic acids is 1. The lowest BCUT2D eigenvalue weighted by molar-refractivity contribution is -0.139. The quantitative estimate of drug-likeness (QED) is 0.679. The fourth-order valence-corrected chi connectivity index (χ4v) is 1.59. The van der Waals surface area contributed by atoms with Crippen molar-refractivity contribution in [2.45, 2.75) is 6.42 Å². The predicted molar refractivity (Wildman–Crippen MR) is 78.9 cm³/mol. The van der Waals surface area contributed by atoms with Crippen LogP contribution in [0.5, 0.6) is 0 Å². The Morgan fingerprint density at radius 1 is 1.26 bits per heavy atom. The molecule has 0 fully saturated rings. The number of nitrogens with two attached hydrogens (primary N) is 1. The number of benzene rings is 2. The average molecular weight is 257 g/mol. The van der Waals surface area contributed by atoms with E-state index in [0.29, 0.717) is 13.0 Å². The van der Waals surface area contributed by atoms with Crippen molar-refractivity contribution < 1.29 is 9.53 Å². The van der Waals surface area contributed by atoms with Crippen molar-refractivity contribution in [3.8, 4) is 0 Å². The Morgan fingerprint density at radius 2 is 1.89 bits per heavy atom. The highest BCUT2D eigenvalue weighted by atomic mass is 16.5. The maximum Gasteiger partial charge on any atom is 0.309 e. The summed E-state index contributed by atoms with van der Waals surface area (Å²) in [5.74, 6) is -0.203. The van der Waals surface area contributed by atoms with E-state index in [9.17, 15) is 4.79 Å². The number of ether oxygens (including phenoxy) is 1. The lowest BCUT2D eigenvalue weighted by Crippen LogP contribution is -2.04. The smallest absolute Gasteiger partial charge is 0.309 e. The van der Waals surface area contributed by atoms with Crippen molar-refractivity contribution >= 4 is 16.7 Å². The van der Waals surface area contributed by atoms with E-state index in [1.54, 1.807) is 6.08 Å². The summed E-state index contributed by atoms with van der Waals surface area (Å²) in [5.41, 5.74) is 5.90. The molecule has 19 heavy (non-hydrogen) atoms. The molecule has 0 amide bonds. The number of carbonyl (C=O) groups is 1. The van der Waals surface area contributed by atoms with E-state index in [1.165, 1.54) is 12.5 Å². The molecule has 0 radical (unpaired) electrons. The van der Waals surface area contributed by atoms with Crippen molar-refractivity contribution in [1.82, 2.24) is 0 Å². The van der Waals surface area contributed by atoms with Gasteiger partial charge in [-0.3, -0.25) is 4.79 Å². The van der Waals surface area contributed by atoms with Gasteiger partial charge in [0.2, 0.25) is 0 Å². The van der Waals surface area contributed by atoms with Crippen LogP contribution in [0.15, 0.2) is 55.1 Å². The zero-order chi connectivity index (χ0) is 14.1. The van der Waals surface area contributed by atoms with Gasteiger partial charge < -0.3 is 10.5 Å². The Bertz CT molecular complexity index is 549. The van der Waals surface area contributed by atoms with Crippen LogP contribution in [0, 0.1) is 0 Å². The minimum absolute atomic E-state index is 0.203. The highest BCUT2D eigenvalue weighted by Gasteiger charge is 2.02. The molecule has 2 aromatic rings. The van der Waals surface area contributed by atoms with Crippen LogP contribution in [0.3, 0.4) is 0 Å². The molecule has 0 heterocycles. The second kappa shape index (κ2) is 8.06. The Hall–Kier alpha value is -2.13. The molecule has 0 spiro atoms. The van der Waals surface area contributed by atoms with Crippen LogP contribution in [0.2, 0.25) is 0 Å². The predicted octanol–water partition coefficient (Wildman–Crippen LogP) is 2.69. The van der Waals surface area contributed by atoms with Gasteiger partial charge in [-0.05, 0) is 16.3 Å². The number of methoxy groups -OCH3 is 1. The van der Waals surface area contributed by atoms with Crippen LogP contribution < -0.4 is 5.73 Å². The highest BCUT2D eigenvalue weighted by Crippen LogP contribution is 2.15. The molecule has 0 aromatic heterocycles. The van der Waals surface area contributed by atoms with Crippen LogP contribution in [0.4, 0.5) is 0 Å². The van der Waals surface area contributed by atoms with Gasteiger partial charge in [0.05, 0.1) is 13.5 Å². The minimum Gasteiger partial charge on any atom is -0.469 e. The molecule has 0 aliphatic heterocycles. The van der Waals surface area contributed by atoms with Crippen molar-refractivity contribution in [3.63, 3.8) is 0 Å². The average Bonchev–Trinajstić information content (AvgIpc) is 2.47. The number of rotatable bonds is 3. The third-order valence-electron chi connectivity index (χ3n) is 2.56. The van der Waals surface area contributed by atoms with Crippen LogP contribution in [-0.2, 0) is 16.0 Å². The third kappa shape index (κ3) is 4.94. The monoisotopic (exact) mass is 257 g/mol. The summed E-state index contributed by atoms with van der Waals surface area (Å²) in [7, 11) is 1.41. The van der Waals surface area contributed by atoms with E-state index < -0.39 is 0 Å². The van der Waals surface area contributed by atoms with Gasteiger partial charge in [-0.2, -0.15) is 0 Å². The van der Waals surface area contributed by atoms with E-state index in [4.69, 9.17) is 5.73 Å². The number of hydrogen-bond acceptors (Lipinski definition) is 3. The largest absolute Gasteiger partial charge is 0.469 e. The van der Waals surface area contributed by atoms with Crippen molar-refractivity contribution in [3.05, 3.63) is 60.7 Å². The van der Waals surface area contributed by atoms with Gasteiger partial charge in [-0.25, -0.2) is 0 Å². The molecule has 2 rings (SSSR count). The van der Waals surface area contributed by atoms with Gasteiger partial charge in [0, 0.05) is 6.54 Å². The topological polar surface area (TPSA) is 52.3 Å². The molecule has 0 aliphatic carbocycles. The molecule has 0 bridgehead atoms. The third-order valence-corrected chi connectivity index (χ3v) is 2.56. The lowest BCUT2D eigenvalue weighted by Gasteiger charge is -2.02. The second-order valence-corrected chi connectivity index (χ2v) is 3.96. The van der Waals surface area contributed by atoms with E-state index in [2.05, 4.69) is 17.4 Å². The fraction of sp³-hybridized carbons (Fsp3) is 0.188. The summed E-state index contributed by atoms with van der Waals surface area (Å²) in [5, 5.41) is 2.34. The molecule has 2 aromatic carbocycles. The summed E-state index contributed by atoms with van der Waals surface area (Å²) < 4.78 is 4.63. The van der Waals surface area contributed by atoms with Gasteiger partial charge in [0.15, 0.2) is 0 Å². The van der Waals surface area contributed by atoms with Gasteiger partial charge in [-0.15, -0.1) is 6.58 Å². The molecule has 2 N–H and O–H groups in total. The SMILES string of the molecule is C=CCN.COC(=O)Cc1ccc2ccccc2c1. The first-order chi connectivity index (χ1) is 9.21. The van der Waals surface area contributed by atoms with Crippen molar-refractivity contribution in [2.75, 3.05) is 13.7 Å². The second-order valence-electron chi connectivity index (χ2n) is 3.96. The summed E-state index contributed by atoms with van der Waals surface area (Å²) >= 11 is 0. The fourth-order valence-electron chi connectivity index (χ4n) is 1.59. The Morgan fingerprint density at radius 3 is 2.47 bits per heavy atom. The van der Waals surface area contributed by atoms with E-state index in [1.807, 2.05) is 36.4 Å². The zero-order valence-corrected chi connectivity index (χ0v) is 11.1. The molecule has 100 valence electrons. The van der Waals surface area contributed by atoms with Crippen LogP contribution >= 0.6 is 0 Å². The molecule has 0 saturated carbocycles. The number of hydrogen-bond donors (Lipinski definition) is 1. The highest BCUT2D eigenvalue weighted by molar-refractivity contribution is 5.84. The molecular formula is C16H19NO2. The standard InChI is InChI=1S/C13H12O2.C3H7N/c1-15-13(14)9-10-6-7-11-4-2-3-5-12(11)8-10;1-2-3-4/h2-8H,9H2,1H3;2H,1,3-4H2. The van der Waals surface area contributed by atoms with Gasteiger partial charge >= 0.3 is 5.97 Å². The molecule has 0 atom stereocenters. The molecule has 0 saturated heterocycles. The normalized spacial score (nSPS) is 9.37. The van der Waals surface area contributed by atoms with Crippen LogP contribution in [0.1, 0.15) is 5.56 Å². The first-order valence-corrected chi connectivity index (χ1v) is 6.06. The van der Waals surface area contributed by atoms with Gasteiger partial charge in [0.1, 0.15) is 0 Å². The van der Waals surface area contributed by atoms with E-state index >= 15 is 0 Å². The minimum atomic E-state index is -0.203. The summed E-state index contributed by atoms with van der Waals surface area (Å²) in [6, 6.07) is 14.1. The summed E-state index contributed by atoms with van der Waals surface area (Å²) in [6.45, 7) is 3.94.